The molecule has 1 saturated heterocycles. The average molecular weight is 344 g/mol. The van der Waals surface area contributed by atoms with Crippen LogP contribution in [0.1, 0.15) is 33.9 Å². The summed E-state index contributed by atoms with van der Waals surface area (Å²) in [5.41, 5.74) is 6.41. The van der Waals surface area contributed by atoms with Crippen molar-refractivity contribution in [2.24, 2.45) is 0 Å². The summed E-state index contributed by atoms with van der Waals surface area (Å²) >= 11 is 1.07. The number of nitrogens with zero attached hydrogens (tertiary/aromatic N) is 3. The van der Waals surface area contributed by atoms with E-state index in [2.05, 4.69) is 9.97 Å². The SMILES string of the molecule is Cc1nc(N)c2c(C)c(C(=O)N3CCC[C@H]3C(F)(F)F)sc2n1. The highest BCUT2D eigenvalue weighted by molar-refractivity contribution is 7.20. The summed E-state index contributed by atoms with van der Waals surface area (Å²) in [7, 11) is 0. The fourth-order valence-electron chi connectivity index (χ4n) is 2.97. The van der Waals surface area contributed by atoms with Crippen LogP contribution in [0.2, 0.25) is 0 Å². The molecule has 1 amide bonds. The van der Waals surface area contributed by atoms with E-state index in [1.165, 1.54) is 0 Å². The van der Waals surface area contributed by atoms with Gasteiger partial charge in [0.25, 0.3) is 5.91 Å². The molecular weight excluding hydrogens is 329 g/mol. The van der Waals surface area contributed by atoms with Crippen LogP contribution < -0.4 is 5.73 Å². The number of amides is 1. The van der Waals surface area contributed by atoms with Crippen molar-refractivity contribution in [1.82, 2.24) is 14.9 Å². The Morgan fingerprint density at radius 1 is 1.35 bits per heavy atom. The zero-order valence-electron chi connectivity index (χ0n) is 12.6. The van der Waals surface area contributed by atoms with Gasteiger partial charge in [0, 0.05) is 6.54 Å². The van der Waals surface area contributed by atoms with E-state index in [0.717, 1.165) is 16.2 Å². The molecule has 23 heavy (non-hydrogen) atoms. The van der Waals surface area contributed by atoms with E-state index >= 15 is 0 Å². The van der Waals surface area contributed by atoms with Gasteiger partial charge in [-0.05, 0) is 32.3 Å². The minimum atomic E-state index is -4.41. The molecule has 1 fully saturated rings. The van der Waals surface area contributed by atoms with Gasteiger partial charge >= 0.3 is 6.18 Å². The third kappa shape index (κ3) is 2.62. The zero-order chi connectivity index (χ0) is 16.9. The minimum Gasteiger partial charge on any atom is -0.383 e. The lowest BCUT2D eigenvalue weighted by molar-refractivity contribution is -0.169. The number of aryl methyl sites for hydroxylation is 2. The maximum Gasteiger partial charge on any atom is 0.408 e. The number of thiophene rings is 1. The molecule has 2 N–H and O–H groups in total. The number of carbonyl (C=O) groups excluding carboxylic acids is 1. The van der Waals surface area contributed by atoms with Gasteiger partial charge in [0.2, 0.25) is 0 Å². The van der Waals surface area contributed by atoms with Gasteiger partial charge in [0.1, 0.15) is 22.5 Å². The second-order valence-corrected chi connectivity index (χ2v) is 6.59. The Morgan fingerprint density at radius 2 is 2.04 bits per heavy atom. The Morgan fingerprint density at radius 3 is 2.70 bits per heavy atom. The third-order valence-corrected chi connectivity index (χ3v) is 5.19. The first-order chi connectivity index (χ1) is 10.7. The summed E-state index contributed by atoms with van der Waals surface area (Å²) in [5.74, 6) is 0.0982. The van der Waals surface area contributed by atoms with Gasteiger partial charge in [-0.2, -0.15) is 13.2 Å². The van der Waals surface area contributed by atoms with Crippen molar-refractivity contribution in [3.8, 4) is 0 Å². The number of halogens is 3. The van der Waals surface area contributed by atoms with Crippen molar-refractivity contribution < 1.29 is 18.0 Å². The Labute approximate surface area is 134 Å². The fraction of sp³-hybridized carbons (Fsp3) is 0.500. The molecule has 0 unspecified atom stereocenters. The number of nitrogens with two attached hydrogens (primary N) is 1. The Hall–Kier alpha value is -1.90. The lowest BCUT2D eigenvalue weighted by Crippen LogP contribution is -2.44. The molecule has 0 aromatic carbocycles. The summed E-state index contributed by atoms with van der Waals surface area (Å²) in [6, 6.07) is -1.72. The van der Waals surface area contributed by atoms with Crippen LogP contribution in [-0.2, 0) is 0 Å². The predicted molar refractivity (Wildman–Crippen MR) is 81.4 cm³/mol. The first kappa shape index (κ1) is 16.0. The molecule has 5 nitrogen and oxygen atoms in total. The van der Waals surface area contributed by atoms with Crippen molar-refractivity contribution in [1.29, 1.82) is 0 Å². The molecule has 3 heterocycles. The standard InChI is InChI=1S/C14H15F3N4OS/c1-6-9-11(18)19-7(2)20-12(9)23-10(6)13(22)21-5-3-4-8(21)14(15,16)17/h8H,3-5H2,1-2H3,(H2,18,19,20)/t8-/m0/s1. The highest BCUT2D eigenvalue weighted by Gasteiger charge is 2.48. The van der Waals surface area contributed by atoms with Crippen molar-refractivity contribution in [2.45, 2.75) is 38.9 Å². The number of likely N-dealkylation sites (tertiary alicyclic amines) is 1. The number of hydrogen-bond acceptors (Lipinski definition) is 5. The maximum atomic E-state index is 13.1. The van der Waals surface area contributed by atoms with Crippen LogP contribution in [0.15, 0.2) is 0 Å². The van der Waals surface area contributed by atoms with E-state index < -0.39 is 18.1 Å². The van der Waals surface area contributed by atoms with Crippen LogP contribution in [-0.4, -0.2) is 39.5 Å². The van der Waals surface area contributed by atoms with E-state index in [9.17, 15) is 18.0 Å². The number of alkyl halides is 3. The first-order valence-corrected chi connectivity index (χ1v) is 7.92. The molecule has 2 aromatic heterocycles. The van der Waals surface area contributed by atoms with Crippen LogP contribution in [0.5, 0.6) is 0 Å². The van der Waals surface area contributed by atoms with Gasteiger partial charge in [-0.25, -0.2) is 9.97 Å². The quantitative estimate of drug-likeness (QED) is 0.863. The normalized spacial score (nSPS) is 18.8. The van der Waals surface area contributed by atoms with E-state index in [-0.39, 0.29) is 23.7 Å². The van der Waals surface area contributed by atoms with Crippen LogP contribution in [0, 0.1) is 13.8 Å². The smallest absolute Gasteiger partial charge is 0.383 e. The van der Waals surface area contributed by atoms with Crippen molar-refractivity contribution >= 4 is 33.3 Å². The topological polar surface area (TPSA) is 72.1 Å². The Balaban J connectivity index is 2.05. The molecule has 1 atom stereocenters. The molecule has 2 aromatic rings. The lowest BCUT2D eigenvalue weighted by atomic mass is 10.1. The number of hydrogen-bond donors (Lipinski definition) is 1. The Kier molecular flexibility index (Phi) is 3.70. The number of anilines is 1. The molecule has 0 radical (unpaired) electrons. The highest BCUT2D eigenvalue weighted by atomic mass is 32.1. The molecule has 1 aliphatic rings. The van der Waals surface area contributed by atoms with Gasteiger partial charge in [-0.15, -0.1) is 11.3 Å². The molecule has 1 aliphatic heterocycles. The Bertz CT molecular complexity index is 786. The molecule has 0 aliphatic carbocycles. The summed E-state index contributed by atoms with van der Waals surface area (Å²) < 4.78 is 39.2. The molecule has 0 bridgehead atoms. The van der Waals surface area contributed by atoms with E-state index in [1.807, 2.05) is 0 Å². The lowest BCUT2D eigenvalue weighted by Gasteiger charge is -2.26. The van der Waals surface area contributed by atoms with Crippen molar-refractivity contribution in [3.05, 3.63) is 16.3 Å². The molecule has 0 saturated carbocycles. The van der Waals surface area contributed by atoms with Crippen LogP contribution >= 0.6 is 11.3 Å². The highest BCUT2D eigenvalue weighted by Crippen LogP contribution is 2.37. The number of fused-ring (bicyclic) bond motifs is 1. The summed E-state index contributed by atoms with van der Waals surface area (Å²) in [5, 5.41) is 0.548. The molecule has 124 valence electrons. The van der Waals surface area contributed by atoms with Gasteiger partial charge in [-0.1, -0.05) is 0 Å². The van der Waals surface area contributed by atoms with Crippen molar-refractivity contribution in [3.63, 3.8) is 0 Å². The third-order valence-electron chi connectivity index (χ3n) is 4.02. The maximum absolute atomic E-state index is 13.1. The average Bonchev–Trinajstić information content (AvgIpc) is 3.02. The summed E-state index contributed by atoms with van der Waals surface area (Å²) in [6.45, 7) is 3.45. The minimum absolute atomic E-state index is 0.0553. The predicted octanol–water partition coefficient (Wildman–Crippen LogP) is 3.06. The monoisotopic (exact) mass is 344 g/mol. The number of rotatable bonds is 1. The van der Waals surface area contributed by atoms with Crippen molar-refractivity contribution in [2.75, 3.05) is 12.3 Å². The van der Waals surface area contributed by atoms with Crippen LogP contribution in [0.25, 0.3) is 10.2 Å². The molecule has 3 rings (SSSR count). The largest absolute Gasteiger partial charge is 0.408 e. The summed E-state index contributed by atoms with van der Waals surface area (Å²) in [6.07, 6.45) is -4.12. The number of carbonyl (C=O) groups is 1. The summed E-state index contributed by atoms with van der Waals surface area (Å²) in [4.78, 5) is 22.6. The van der Waals surface area contributed by atoms with Crippen LogP contribution in [0.4, 0.5) is 19.0 Å². The van der Waals surface area contributed by atoms with Gasteiger partial charge in [-0.3, -0.25) is 4.79 Å². The second-order valence-electron chi connectivity index (χ2n) is 5.59. The molecular formula is C14H15F3N4OS. The van der Waals surface area contributed by atoms with E-state index in [0.29, 0.717) is 28.0 Å². The van der Waals surface area contributed by atoms with E-state index in [1.54, 1.807) is 13.8 Å². The second kappa shape index (κ2) is 5.33. The van der Waals surface area contributed by atoms with Gasteiger partial charge < -0.3 is 10.6 Å². The first-order valence-electron chi connectivity index (χ1n) is 7.11. The van der Waals surface area contributed by atoms with Gasteiger partial charge in [0.15, 0.2) is 0 Å². The zero-order valence-corrected chi connectivity index (χ0v) is 13.4. The van der Waals surface area contributed by atoms with Gasteiger partial charge in [0.05, 0.1) is 10.3 Å². The van der Waals surface area contributed by atoms with E-state index in [4.69, 9.17) is 5.73 Å². The number of nitrogen functional groups attached to an aromatic ring is 1. The number of aromatic nitrogens is 2. The fourth-order valence-corrected chi connectivity index (χ4v) is 4.16. The molecule has 9 heteroatoms. The van der Waals surface area contributed by atoms with Crippen LogP contribution in [0.3, 0.4) is 0 Å². The molecule has 0 spiro atoms.